The first-order valence-electron chi connectivity index (χ1n) is 4.38. The smallest absolute Gasteiger partial charge is 0.226 e. The number of nitrogen functional groups attached to an aromatic ring is 1. The van der Waals surface area contributed by atoms with Gasteiger partial charge in [0.1, 0.15) is 0 Å². The monoisotopic (exact) mass is 269 g/mol. The van der Waals surface area contributed by atoms with Gasteiger partial charge in [-0.05, 0) is 12.1 Å². The van der Waals surface area contributed by atoms with Crippen molar-refractivity contribution >= 4 is 27.5 Å². The highest BCUT2D eigenvalue weighted by Crippen LogP contribution is 2.02. The summed E-state index contributed by atoms with van der Waals surface area (Å²) >= 11 is 3.16. The number of halogens is 1. The molecule has 0 spiro atoms. The molecule has 0 atom stereocenters. The minimum Gasteiger partial charge on any atom is -0.397 e. The SMILES string of the molecule is C=C(Br)CNC(=O)Cc1ccc(N)cn1. The number of aromatic nitrogens is 1. The summed E-state index contributed by atoms with van der Waals surface area (Å²) in [5, 5.41) is 2.69. The first-order valence-corrected chi connectivity index (χ1v) is 5.17. The molecule has 1 amide bonds. The van der Waals surface area contributed by atoms with Gasteiger partial charge in [-0.3, -0.25) is 9.78 Å². The Hall–Kier alpha value is -1.36. The third kappa shape index (κ3) is 4.60. The average Bonchev–Trinajstić information content (AvgIpc) is 2.19. The Morgan fingerprint density at radius 1 is 1.60 bits per heavy atom. The van der Waals surface area contributed by atoms with Crippen LogP contribution >= 0.6 is 15.9 Å². The van der Waals surface area contributed by atoms with Gasteiger partial charge in [-0.1, -0.05) is 22.5 Å². The van der Waals surface area contributed by atoms with Crippen LogP contribution in [0.5, 0.6) is 0 Å². The van der Waals surface area contributed by atoms with Crippen LogP contribution in [0.15, 0.2) is 29.4 Å². The van der Waals surface area contributed by atoms with Crippen molar-refractivity contribution in [2.75, 3.05) is 12.3 Å². The maximum atomic E-state index is 11.4. The lowest BCUT2D eigenvalue weighted by Crippen LogP contribution is -2.26. The Bertz CT molecular complexity index is 361. The number of carbonyl (C=O) groups is 1. The zero-order valence-corrected chi connectivity index (χ0v) is 9.75. The standard InChI is InChI=1S/C10H12BrN3O/c1-7(11)5-14-10(15)4-9-3-2-8(12)6-13-9/h2-3,6H,1,4-5,12H2,(H,14,15). The van der Waals surface area contributed by atoms with Crippen LogP contribution in [0.3, 0.4) is 0 Å². The van der Waals surface area contributed by atoms with Crippen molar-refractivity contribution < 1.29 is 4.79 Å². The Morgan fingerprint density at radius 3 is 2.87 bits per heavy atom. The fraction of sp³-hybridized carbons (Fsp3) is 0.200. The van der Waals surface area contributed by atoms with Crippen LogP contribution in [0.1, 0.15) is 5.69 Å². The van der Waals surface area contributed by atoms with Crippen LogP contribution in [0, 0.1) is 0 Å². The topological polar surface area (TPSA) is 68.0 Å². The zero-order chi connectivity index (χ0) is 11.3. The Labute approximate surface area is 96.7 Å². The summed E-state index contributed by atoms with van der Waals surface area (Å²) in [6.07, 6.45) is 1.78. The predicted octanol–water partition coefficient (Wildman–Crippen LogP) is 1.23. The molecule has 1 aromatic rings. The third-order valence-electron chi connectivity index (χ3n) is 1.67. The van der Waals surface area contributed by atoms with E-state index in [2.05, 4.69) is 32.8 Å². The van der Waals surface area contributed by atoms with Gasteiger partial charge in [0.2, 0.25) is 5.91 Å². The molecule has 1 rings (SSSR count). The third-order valence-corrected chi connectivity index (χ3v) is 1.95. The number of pyridine rings is 1. The molecule has 1 heterocycles. The van der Waals surface area contributed by atoms with Gasteiger partial charge in [0.15, 0.2) is 0 Å². The highest BCUT2D eigenvalue weighted by Gasteiger charge is 2.03. The van der Waals surface area contributed by atoms with E-state index in [9.17, 15) is 4.79 Å². The molecule has 0 aromatic carbocycles. The number of anilines is 1. The number of nitrogens with two attached hydrogens (primary N) is 1. The number of nitrogens with zero attached hydrogens (tertiary/aromatic N) is 1. The van der Waals surface area contributed by atoms with E-state index in [0.717, 1.165) is 4.48 Å². The van der Waals surface area contributed by atoms with Crippen molar-refractivity contribution in [2.45, 2.75) is 6.42 Å². The van der Waals surface area contributed by atoms with Crippen molar-refractivity contribution in [2.24, 2.45) is 0 Å². The van der Waals surface area contributed by atoms with E-state index in [1.807, 2.05) is 0 Å². The molecule has 5 heteroatoms. The van der Waals surface area contributed by atoms with Crippen LogP contribution in [0.2, 0.25) is 0 Å². The van der Waals surface area contributed by atoms with Gasteiger partial charge >= 0.3 is 0 Å². The van der Waals surface area contributed by atoms with E-state index >= 15 is 0 Å². The largest absolute Gasteiger partial charge is 0.397 e. The molecular formula is C10H12BrN3O. The molecule has 0 aliphatic heterocycles. The quantitative estimate of drug-likeness (QED) is 0.864. The molecule has 0 bridgehead atoms. The van der Waals surface area contributed by atoms with Crippen LogP contribution < -0.4 is 11.1 Å². The second-order valence-electron chi connectivity index (χ2n) is 3.05. The van der Waals surface area contributed by atoms with Crippen LogP contribution in [0.25, 0.3) is 0 Å². The molecule has 0 aliphatic carbocycles. The molecule has 80 valence electrons. The summed E-state index contributed by atoms with van der Waals surface area (Å²) in [6, 6.07) is 3.46. The summed E-state index contributed by atoms with van der Waals surface area (Å²) in [5.74, 6) is -0.0899. The van der Waals surface area contributed by atoms with E-state index in [-0.39, 0.29) is 12.3 Å². The van der Waals surface area contributed by atoms with Gasteiger partial charge in [0.05, 0.1) is 18.3 Å². The highest BCUT2D eigenvalue weighted by atomic mass is 79.9. The summed E-state index contributed by atoms with van der Waals surface area (Å²) in [6.45, 7) is 4.04. The van der Waals surface area contributed by atoms with Gasteiger partial charge < -0.3 is 11.1 Å². The lowest BCUT2D eigenvalue weighted by molar-refractivity contribution is -0.120. The van der Waals surface area contributed by atoms with Crippen molar-refractivity contribution in [3.05, 3.63) is 35.1 Å². The van der Waals surface area contributed by atoms with Gasteiger partial charge in [-0.25, -0.2) is 0 Å². The molecule has 1 aromatic heterocycles. The summed E-state index contributed by atoms with van der Waals surface area (Å²) < 4.78 is 0.737. The minimum atomic E-state index is -0.0899. The first kappa shape index (κ1) is 11.7. The molecule has 0 aliphatic rings. The van der Waals surface area contributed by atoms with Gasteiger partial charge in [-0.2, -0.15) is 0 Å². The second kappa shape index (κ2) is 5.50. The summed E-state index contributed by atoms with van der Waals surface area (Å²) in [4.78, 5) is 15.4. The Kier molecular flexibility index (Phi) is 4.30. The van der Waals surface area contributed by atoms with Crippen molar-refractivity contribution in [3.8, 4) is 0 Å². The molecule has 0 saturated carbocycles. The normalized spacial score (nSPS) is 9.67. The van der Waals surface area contributed by atoms with E-state index in [1.54, 1.807) is 12.1 Å². The van der Waals surface area contributed by atoms with E-state index in [1.165, 1.54) is 6.20 Å². The van der Waals surface area contributed by atoms with E-state index in [0.29, 0.717) is 17.9 Å². The predicted molar refractivity (Wildman–Crippen MR) is 63.4 cm³/mol. The van der Waals surface area contributed by atoms with Gasteiger partial charge in [0.25, 0.3) is 0 Å². The zero-order valence-electron chi connectivity index (χ0n) is 8.16. The summed E-state index contributed by atoms with van der Waals surface area (Å²) in [5.41, 5.74) is 6.76. The Morgan fingerprint density at radius 2 is 2.33 bits per heavy atom. The molecule has 4 nitrogen and oxygen atoms in total. The second-order valence-corrected chi connectivity index (χ2v) is 4.18. The Balaban J connectivity index is 2.44. The molecule has 0 unspecified atom stereocenters. The van der Waals surface area contributed by atoms with Crippen molar-refractivity contribution in [1.29, 1.82) is 0 Å². The molecule has 0 fully saturated rings. The molecular weight excluding hydrogens is 258 g/mol. The van der Waals surface area contributed by atoms with E-state index < -0.39 is 0 Å². The number of hydrogen-bond acceptors (Lipinski definition) is 3. The maximum Gasteiger partial charge on any atom is 0.226 e. The van der Waals surface area contributed by atoms with Crippen LogP contribution in [-0.2, 0) is 11.2 Å². The average molecular weight is 270 g/mol. The molecule has 15 heavy (non-hydrogen) atoms. The highest BCUT2D eigenvalue weighted by molar-refractivity contribution is 9.11. The lowest BCUT2D eigenvalue weighted by atomic mass is 10.2. The van der Waals surface area contributed by atoms with Gasteiger partial charge in [-0.15, -0.1) is 0 Å². The summed E-state index contributed by atoms with van der Waals surface area (Å²) in [7, 11) is 0. The molecule has 0 radical (unpaired) electrons. The number of carbonyl (C=O) groups excluding carboxylic acids is 1. The maximum absolute atomic E-state index is 11.4. The molecule has 3 N–H and O–H groups in total. The minimum absolute atomic E-state index is 0.0899. The fourth-order valence-corrected chi connectivity index (χ4v) is 1.10. The van der Waals surface area contributed by atoms with E-state index in [4.69, 9.17) is 5.73 Å². The van der Waals surface area contributed by atoms with Crippen LogP contribution in [-0.4, -0.2) is 17.4 Å². The molecule has 0 saturated heterocycles. The van der Waals surface area contributed by atoms with Gasteiger partial charge in [0, 0.05) is 16.7 Å². The first-order chi connectivity index (χ1) is 7.08. The number of nitrogens with one attached hydrogen (secondary N) is 1. The fourth-order valence-electron chi connectivity index (χ4n) is 0.962. The lowest BCUT2D eigenvalue weighted by Gasteiger charge is -2.03. The van der Waals surface area contributed by atoms with Crippen LogP contribution in [0.4, 0.5) is 5.69 Å². The number of rotatable bonds is 4. The number of amides is 1. The van der Waals surface area contributed by atoms with Crippen molar-refractivity contribution in [3.63, 3.8) is 0 Å². The number of hydrogen-bond donors (Lipinski definition) is 2. The van der Waals surface area contributed by atoms with Crippen molar-refractivity contribution in [1.82, 2.24) is 10.3 Å².